The zero-order valence-corrected chi connectivity index (χ0v) is 16.6. The first-order valence-electron chi connectivity index (χ1n) is 9.79. The lowest BCUT2D eigenvalue weighted by Gasteiger charge is -2.28. The molecule has 4 rings (SSSR count). The number of anilines is 1. The average Bonchev–Trinajstić information content (AvgIpc) is 3.27. The molecule has 3 heterocycles. The topological polar surface area (TPSA) is 88.9 Å². The van der Waals surface area contributed by atoms with Gasteiger partial charge in [-0.05, 0) is 31.7 Å². The molecule has 0 unspecified atom stereocenters. The maximum atomic E-state index is 12.8. The number of aryl methyl sites for hydroxylation is 1. The van der Waals surface area contributed by atoms with Crippen molar-refractivity contribution in [2.75, 3.05) is 5.32 Å². The number of carbonyl (C=O) groups excluding carboxylic acids is 2. The average molecular weight is 402 g/mol. The van der Waals surface area contributed by atoms with Crippen molar-refractivity contribution < 1.29 is 9.59 Å². The minimum atomic E-state index is -0.134. The van der Waals surface area contributed by atoms with Gasteiger partial charge in [-0.15, -0.1) is 0 Å². The Hall–Kier alpha value is -2.41. The molecule has 148 valence electrons. The standard InChI is InChI=1S/C20H24ClN5O2/c1-12(27)24-14-5-2-4-13(8-14)20(28)25-18-9-15(16(21)10-22-18)17-11-23-19-6-3-7-26(17)19/h9-11,13-14H,2-8H2,1H3,(H,24,27)(H,22,25,28)/t13-,14+/m0/s1. The van der Waals surface area contributed by atoms with Crippen LogP contribution in [0.15, 0.2) is 18.5 Å². The molecule has 2 N–H and O–H groups in total. The van der Waals surface area contributed by atoms with E-state index in [-0.39, 0.29) is 23.8 Å². The van der Waals surface area contributed by atoms with E-state index in [1.807, 2.05) is 12.3 Å². The fourth-order valence-electron chi connectivity index (χ4n) is 4.25. The van der Waals surface area contributed by atoms with Crippen molar-refractivity contribution in [1.29, 1.82) is 0 Å². The number of amides is 2. The molecule has 2 amide bonds. The molecule has 0 bridgehead atoms. The molecule has 1 aliphatic heterocycles. The van der Waals surface area contributed by atoms with Gasteiger partial charge in [-0.25, -0.2) is 9.97 Å². The van der Waals surface area contributed by atoms with Crippen molar-refractivity contribution >= 4 is 29.2 Å². The highest BCUT2D eigenvalue weighted by atomic mass is 35.5. The third-order valence-electron chi connectivity index (χ3n) is 5.56. The second-order valence-corrected chi connectivity index (χ2v) is 8.02. The van der Waals surface area contributed by atoms with Gasteiger partial charge >= 0.3 is 0 Å². The van der Waals surface area contributed by atoms with Gasteiger partial charge < -0.3 is 15.2 Å². The number of nitrogens with zero attached hydrogens (tertiary/aromatic N) is 3. The molecule has 0 radical (unpaired) electrons. The van der Waals surface area contributed by atoms with E-state index in [1.54, 1.807) is 6.20 Å². The number of imidazole rings is 1. The molecule has 8 heteroatoms. The third kappa shape index (κ3) is 3.90. The number of pyridine rings is 1. The molecule has 1 fully saturated rings. The zero-order chi connectivity index (χ0) is 19.7. The Kier molecular flexibility index (Phi) is 5.35. The summed E-state index contributed by atoms with van der Waals surface area (Å²) in [6.45, 7) is 2.44. The van der Waals surface area contributed by atoms with E-state index in [0.717, 1.165) is 55.7 Å². The maximum Gasteiger partial charge on any atom is 0.228 e. The number of nitrogens with one attached hydrogen (secondary N) is 2. The Labute approximate surface area is 168 Å². The van der Waals surface area contributed by atoms with Crippen molar-refractivity contribution in [2.24, 2.45) is 5.92 Å². The van der Waals surface area contributed by atoms with E-state index in [0.29, 0.717) is 17.3 Å². The molecule has 2 aliphatic rings. The fraction of sp³-hybridized carbons (Fsp3) is 0.500. The summed E-state index contributed by atoms with van der Waals surface area (Å²) < 4.78 is 2.17. The van der Waals surface area contributed by atoms with Gasteiger partial charge in [0.1, 0.15) is 11.6 Å². The fourth-order valence-corrected chi connectivity index (χ4v) is 4.45. The summed E-state index contributed by atoms with van der Waals surface area (Å²) in [5.74, 6) is 1.31. The number of carbonyl (C=O) groups is 2. The molecule has 28 heavy (non-hydrogen) atoms. The summed E-state index contributed by atoms with van der Waals surface area (Å²) >= 11 is 6.39. The summed E-state index contributed by atoms with van der Waals surface area (Å²) in [7, 11) is 0. The van der Waals surface area contributed by atoms with Crippen molar-refractivity contribution in [1.82, 2.24) is 19.9 Å². The van der Waals surface area contributed by atoms with Crippen LogP contribution in [0.4, 0.5) is 5.82 Å². The van der Waals surface area contributed by atoms with Gasteiger partial charge in [0.25, 0.3) is 0 Å². The summed E-state index contributed by atoms with van der Waals surface area (Å²) in [5.41, 5.74) is 1.78. The van der Waals surface area contributed by atoms with Crippen LogP contribution in [0.1, 0.15) is 44.9 Å². The Morgan fingerprint density at radius 1 is 1.21 bits per heavy atom. The number of aromatic nitrogens is 3. The number of fused-ring (bicyclic) bond motifs is 1. The molecule has 1 aliphatic carbocycles. The SMILES string of the molecule is CC(=O)N[C@@H]1CCC[C@H](C(=O)Nc2cc(-c3cnc4n3CCC4)c(Cl)cn2)C1. The third-order valence-corrected chi connectivity index (χ3v) is 5.86. The van der Waals surface area contributed by atoms with Gasteiger partial charge in [-0.2, -0.15) is 0 Å². The van der Waals surface area contributed by atoms with Crippen LogP contribution in [0.25, 0.3) is 11.3 Å². The minimum absolute atomic E-state index is 0.0524. The maximum absolute atomic E-state index is 12.8. The van der Waals surface area contributed by atoms with Gasteiger partial charge in [0, 0.05) is 43.6 Å². The van der Waals surface area contributed by atoms with Crippen LogP contribution in [0.2, 0.25) is 5.02 Å². The van der Waals surface area contributed by atoms with E-state index in [9.17, 15) is 9.59 Å². The van der Waals surface area contributed by atoms with E-state index in [4.69, 9.17) is 11.6 Å². The number of halogens is 1. The second-order valence-electron chi connectivity index (χ2n) is 7.61. The molecule has 2 aromatic heterocycles. The van der Waals surface area contributed by atoms with Crippen LogP contribution >= 0.6 is 11.6 Å². The van der Waals surface area contributed by atoms with Gasteiger partial charge in [-0.1, -0.05) is 18.0 Å². The predicted octanol–water partition coefficient (Wildman–Crippen LogP) is 3.18. The Morgan fingerprint density at radius 3 is 2.89 bits per heavy atom. The largest absolute Gasteiger partial charge is 0.354 e. The highest BCUT2D eigenvalue weighted by molar-refractivity contribution is 6.33. The summed E-state index contributed by atoms with van der Waals surface area (Å²) in [6, 6.07) is 1.88. The number of rotatable bonds is 4. The van der Waals surface area contributed by atoms with Gasteiger partial charge in [-0.3, -0.25) is 9.59 Å². The molecule has 7 nitrogen and oxygen atoms in total. The lowest BCUT2D eigenvalue weighted by atomic mass is 9.85. The summed E-state index contributed by atoms with van der Waals surface area (Å²) in [4.78, 5) is 32.8. The van der Waals surface area contributed by atoms with Crippen molar-refractivity contribution in [3.05, 3.63) is 29.3 Å². The number of hydrogen-bond donors (Lipinski definition) is 2. The van der Waals surface area contributed by atoms with Crippen LogP contribution in [0.3, 0.4) is 0 Å². The van der Waals surface area contributed by atoms with Crippen LogP contribution in [0, 0.1) is 5.92 Å². The molecular weight excluding hydrogens is 378 g/mol. The zero-order valence-electron chi connectivity index (χ0n) is 15.9. The normalized spacial score (nSPS) is 21.2. The van der Waals surface area contributed by atoms with Gasteiger partial charge in [0.05, 0.1) is 16.9 Å². The van der Waals surface area contributed by atoms with E-state index in [2.05, 4.69) is 25.2 Å². The van der Waals surface area contributed by atoms with Crippen LogP contribution in [-0.4, -0.2) is 32.4 Å². The van der Waals surface area contributed by atoms with Gasteiger partial charge in [0.15, 0.2) is 0 Å². The lowest BCUT2D eigenvalue weighted by Crippen LogP contribution is -2.40. The van der Waals surface area contributed by atoms with Crippen LogP contribution < -0.4 is 10.6 Å². The number of hydrogen-bond acceptors (Lipinski definition) is 4. The smallest absolute Gasteiger partial charge is 0.228 e. The van der Waals surface area contributed by atoms with E-state index < -0.39 is 0 Å². The molecule has 2 aromatic rings. The Balaban J connectivity index is 1.49. The monoisotopic (exact) mass is 401 g/mol. The van der Waals surface area contributed by atoms with Crippen LogP contribution in [-0.2, 0) is 22.6 Å². The highest BCUT2D eigenvalue weighted by Gasteiger charge is 2.28. The molecule has 0 aromatic carbocycles. The lowest BCUT2D eigenvalue weighted by molar-refractivity contribution is -0.123. The quantitative estimate of drug-likeness (QED) is 0.823. The van der Waals surface area contributed by atoms with E-state index >= 15 is 0 Å². The van der Waals surface area contributed by atoms with Crippen molar-refractivity contribution in [2.45, 2.75) is 58.0 Å². The molecule has 0 saturated heterocycles. The Bertz CT molecular complexity index is 910. The second kappa shape index (κ2) is 7.91. The molecule has 0 spiro atoms. The van der Waals surface area contributed by atoms with E-state index in [1.165, 1.54) is 6.92 Å². The first-order chi connectivity index (χ1) is 13.5. The van der Waals surface area contributed by atoms with Crippen LogP contribution in [0.5, 0.6) is 0 Å². The first kappa shape index (κ1) is 18.9. The Morgan fingerprint density at radius 2 is 2.07 bits per heavy atom. The summed E-state index contributed by atoms with van der Waals surface area (Å²) in [5, 5.41) is 6.40. The first-order valence-corrected chi connectivity index (χ1v) is 10.2. The minimum Gasteiger partial charge on any atom is -0.354 e. The molecular formula is C20H24ClN5O2. The van der Waals surface area contributed by atoms with Gasteiger partial charge in [0.2, 0.25) is 11.8 Å². The molecule has 2 atom stereocenters. The van der Waals surface area contributed by atoms with Crippen molar-refractivity contribution in [3.8, 4) is 11.3 Å². The summed E-state index contributed by atoms with van der Waals surface area (Å²) in [6.07, 6.45) is 8.77. The van der Waals surface area contributed by atoms with Crippen molar-refractivity contribution in [3.63, 3.8) is 0 Å². The molecule has 1 saturated carbocycles. The highest BCUT2D eigenvalue weighted by Crippen LogP contribution is 2.32. The predicted molar refractivity (Wildman–Crippen MR) is 107 cm³/mol.